The SMILES string of the molecule is COc1cccc(-c2cc(C(=O)NC3CCCCC3)n(-c3ccc(Cl)c(Cl)c3)n2)c1. The summed E-state index contributed by atoms with van der Waals surface area (Å²) >= 11 is 12.3. The molecule has 5 nitrogen and oxygen atoms in total. The van der Waals surface area contributed by atoms with Gasteiger partial charge >= 0.3 is 0 Å². The van der Waals surface area contributed by atoms with Crippen LogP contribution in [0, 0.1) is 0 Å². The number of carbonyl (C=O) groups is 1. The fourth-order valence-corrected chi connectivity index (χ4v) is 4.08. The van der Waals surface area contributed by atoms with Gasteiger partial charge in [0.1, 0.15) is 11.4 Å². The van der Waals surface area contributed by atoms with Crippen molar-refractivity contribution in [2.45, 2.75) is 38.1 Å². The third kappa shape index (κ3) is 4.47. The van der Waals surface area contributed by atoms with Crippen LogP contribution in [0.1, 0.15) is 42.6 Å². The van der Waals surface area contributed by atoms with Crippen molar-refractivity contribution in [1.29, 1.82) is 0 Å². The summed E-state index contributed by atoms with van der Waals surface area (Å²) in [4.78, 5) is 13.2. The van der Waals surface area contributed by atoms with E-state index in [0.29, 0.717) is 27.1 Å². The van der Waals surface area contributed by atoms with Crippen molar-refractivity contribution in [3.63, 3.8) is 0 Å². The molecule has 0 saturated heterocycles. The van der Waals surface area contributed by atoms with Crippen LogP contribution in [0.3, 0.4) is 0 Å². The van der Waals surface area contributed by atoms with Crippen LogP contribution >= 0.6 is 23.2 Å². The van der Waals surface area contributed by atoms with Crippen molar-refractivity contribution in [2.24, 2.45) is 0 Å². The van der Waals surface area contributed by atoms with Gasteiger partial charge in [-0.2, -0.15) is 5.10 Å². The minimum absolute atomic E-state index is 0.144. The second kappa shape index (κ2) is 9.11. The lowest BCUT2D eigenvalue weighted by atomic mass is 9.95. The van der Waals surface area contributed by atoms with Crippen LogP contribution < -0.4 is 10.1 Å². The Hall–Kier alpha value is -2.50. The van der Waals surface area contributed by atoms with Crippen molar-refractivity contribution >= 4 is 29.1 Å². The topological polar surface area (TPSA) is 56.1 Å². The van der Waals surface area contributed by atoms with E-state index in [9.17, 15) is 4.79 Å². The molecule has 1 amide bonds. The smallest absolute Gasteiger partial charge is 0.270 e. The second-order valence-electron chi connectivity index (χ2n) is 7.47. The minimum atomic E-state index is -0.144. The molecule has 1 aliphatic rings. The lowest BCUT2D eigenvalue weighted by Gasteiger charge is -2.22. The summed E-state index contributed by atoms with van der Waals surface area (Å²) in [5.41, 5.74) is 2.66. The average molecular weight is 444 g/mol. The highest BCUT2D eigenvalue weighted by atomic mass is 35.5. The maximum Gasteiger partial charge on any atom is 0.270 e. The van der Waals surface area contributed by atoms with Crippen LogP contribution in [-0.4, -0.2) is 28.8 Å². The third-order valence-corrected chi connectivity index (χ3v) is 6.13. The summed E-state index contributed by atoms with van der Waals surface area (Å²) < 4.78 is 6.95. The molecule has 1 heterocycles. The molecule has 4 rings (SSSR count). The molecule has 0 bridgehead atoms. The Kier molecular flexibility index (Phi) is 6.30. The van der Waals surface area contributed by atoms with Crippen LogP contribution in [0.4, 0.5) is 0 Å². The molecule has 0 aliphatic heterocycles. The first-order valence-electron chi connectivity index (χ1n) is 10.1. The molecule has 0 atom stereocenters. The van der Waals surface area contributed by atoms with Gasteiger partial charge in [-0.15, -0.1) is 0 Å². The minimum Gasteiger partial charge on any atom is -0.497 e. The maximum absolute atomic E-state index is 13.2. The maximum atomic E-state index is 13.2. The summed E-state index contributed by atoms with van der Waals surface area (Å²) in [7, 11) is 1.62. The molecule has 0 unspecified atom stereocenters. The Morgan fingerprint density at radius 2 is 1.87 bits per heavy atom. The van der Waals surface area contributed by atoms with Crippen molar-refractivity contribution < 1.29 is 9.53 Å². The highest BCUT2D eigenvalue weighted by Crippen LogP contribution is 2.28. The fraction of sp³-hybridized carbons (Fsp3) is 0.304. The summed E-state index contributed by atoms with van der Waals surface area (Å²) in [5, 5.41) is 8.75. The molecule has 0 spiro atoms. The van der Waals surface area contributed by atoms with Crippen LogP contribution in [0.5, 0.6) is 5.75 Å². The number of ether oxygens (including phenoxy) is 1. The lowest BCUT2D eigenvalue weighted by molar-refractivity contribution is 0.0920. The van der Waals surface area contributed by atoms with Gasteiger partial charge in [0.2, 0.25) is 0 Å². The van der Waals surface area contributed by atoms with E-state index in [1.165, 1.54) is 6.42 Å². The van der Waals surface area contributed by atoms with E-state index in [0.717, 1.165) is 37.0 Å². The number of halogens is 2. The largest absolute Gasteiger partial charge is 0.497 e. The summed E-state index contributed by atoms with van der Waals surface area (Å²) in [6.07, 6.45) is 5.54. The Morgan fingerprint density at radius 3 is 2.60 bits per heavy atom. The molecular weight excluding hydrogens is 421 g/mol. The summed E-state index contributed by atoms with van der Waals surface area (Å²) in [6, 6.07) is 14.8. The number of nitrogens with one attached hydrogen (secondary N) is 1. The first-order valence-corrected chi connectivity index (χ1v) is 10.8. The molecule has 1 saturated carbocycles. The molecule has 30 heavy (non-hydrogen) atoms. The molecule has 1 aromatic heterocycles. The lowest BCUT2D eigenvalue weighted by Crippen LogP contribution is -2.37. The summed E-state index contributed by atoms with van der Waals surface area (Å²) in [6.45, 7) is 0. The van der Waals surface area contributed by atoms with E-state index in [2.05, 4.69) is 5.32 Å². The van der Waals surface area contributed by atoms with Crippen molar-refractivity contribution in [3.05, 3.63) is 64.3 Å². The van der Waals surface area contributed by atoms with Crippen LogP contribution in [-0.2, 0) is 0 Å². The molecule has 3 aromatic rings. The van der Waals surface area contributed by atoms with Gasteiger partial charge in [0.15, 0.2) is 0 Å². The molecule has 1 N–H and O–H groups in total. The standard InChI is InChI=1S/C23H23Cl2N3O2/c1-30-18-9-5-6-15(12-18)21-14-22(23(29)26-16-7-3-2-4-8-16)28(27-21)17-10-11-19(24)20(25)13-17/h5-6,9-14,16H,2-4,7-8H2,1H3,(H,26,29). The van der Waals surface area contributed by atoms with E-state index in [4.69, 9.17) is 33.0 Å². The molecule has 1 fully saturated rings. The van der Waals surface area contributed by atoms with Crippen LogP contribution in [0.15, 0.2) is 48.5 Å². The van der Waals surface area contributed by atoms with E-state index in [-0.39, 0.29) is 11.9 Å². The van der Waals surface area contributed by atoms with Crippen molar-refractivity contribution in [1.82, 2.24) is 15.1 Å². The van der Waals surface area contributed by atoms with Gasteiger partial charge in [-0.1, -0.05) is 54.6 Å². The zero-order valence-electron chi connectivity index (χ0n) is 16.7. The Bertz CT molecular complexity index is 1060. The predicted octanol–water partition coefficient (Wildman–Crippen LogP) is 5.92. The number of amides is 1. The van der Waals surface area contributed by atoms with E-state index < -0.39 is 0 Å². The van der Waals surface area contributed by atoms with E-state index in [1.54, 1.807) is 36.1 Å². The number of benzene rings is 2. The zero-order valence-corrected chi connectivity index (χ0v) is 18.2. The fourth-order valence-electron chi connectivity index (χ4n) is 3.79. The van der Waals surface area contributed by atoms with Gasteiger partial charge in [-0.25, -0.2) is 4.68 Å². The summed E-state index contributed by atoms with van der Waals surface area (Å²) in [5.74, 6) is 0.583. The molecule has 1 aliphatic carbocycles. The highest BCUT2D eigenvalue weighted by Gasteiger charge is 2.22. The number of hydrogen-bond donors (Lipinski definition) is 1. The molecule has 156 valence electrons. The number of rotatable bonds is 5. The van der Waals surface area contributed by atoms with Gasteiger partial charge in [0, 0.05) is 11.6 Å². The van der Waals surface area contributed by atoms with Crippen LogP contribution in [0.25, 0.3) is 16.9 Å². The Labute approximate surface area is 185 Å². The molecule has 7 heteroatoms. The Morgan fingerprint density at radius 1 is 1.07 bits per heavy atom. The first-order chi connectivity index (χ1) is 14.5. The first kappa shape index (κ1) is 20.8. The average Bonchev–Trinajstić information content (AvgIpc) is 3.22. The number of methoxy groups -OCH3 is 1. The van der Waals surface area contributed by atoms with Gasteiger partial charge in [-0.3, -0.25) is 4.79 Å². The Balaban J connectivity index is 1.74. The van der Waals surface area contributed by atoms with Gasteiger partial charge in [-0.05, 0) is 49.2 Å². The second-order valence-corrected chi connectivity index (χ2v) is 8.28. The van der Waals surface area contributed by atoms with E-state index in [1.807, 2.05) is 24.3 Å². The van der Waals surface area contributed by atoms with Gasteiger partial charge in [0.25, 0.3) is 5.91 Å². The number of nitrogens with zero attached hydrogens (tertiary/aromatic N) is 2. The predicted molar refractivity (Wildman–Crippen MR) is 120 cm³/mol. The molecule has 0 radical (unpaired) electrons. The number of hydrogen-bond acceptors (Lipinski definition) is 3. The monoisotopic (exact) mass is 443 g/mol. The third-order valence-electron chi connectivity index (χ3n) is 5.40. The van der Waals surface area contributed by atoms with Crippen molar-refractivity contribution in [2.75, 3.05) is 7.11 Å². The van der Waals surface area contributed by atoms with Gasteiger partial charge in [0.05, 0.1) is 28.5 Å². The quantitative estimate of drug-likeness (QED) is 0.532. The van der Waals surface area contributed by atoms with Crippen LogP contribution in [0.2, 0.25) is 10.0 Å². The number of aromatic nitrogens is 2. The van der Waals surface area contributed by atoms with Crippen molar-refractivity contribution in [3.8, 4) is 22.7 Å². The molecular formula is C23H23Cl2N3O2. The number of carbonyl (C=O) groups excluding carboxylic acids is 1. The normalized spacial score (nSPS) is 14.5. The zero-order chi connectivity index (χ0) is 21.1. The highest BCUT2D eigenvalue weighted by molar-refractivity contribution is 6.42. The molecule has 2 aromatic carbocycles. The van der Waals surface area contributed by atoms with E-state index >= 15 is 0 Å². The van der Waals surface area contributed by atoms with Gasteiger partial charge < -0.3 is 10.1 Å².